The molecule has 1 aromatic carbocycles. The van der Waals surface area contributed by atoms with E-state index in [0.29, 0.717) is 12.1 Å². The molecule has 3 heteroatoms. The third-order valence-electron chi connectivity index (χ3n) is 3.19. The van der Waals surface area contributed by atoms with Crippen molar-refractivity contribution < 1.29 is 9.90 Å². The lowest BCUT2D eigenvalue weighted by atomic mass is 10.1. The number of carbonyl (C=O) groups excluding carboxylic acids is 1. The van der Waals surface area contributed by atoms with Crippen molar-refractivity contribution in [3.8, 4) is 5.75 Å². The van der Waals surface area contributed by atoms with E-state index < -0.39 is 0 Å². The summed E-state index contributed by atoms with van der Waals surface area (Å²) in [5.41, 5.74) is 0.496. The highest BCUT2D eigenvalue weighted by Gasteiger charge is 2.05. The molecule has 0 atom stereocenters. The summed E-state index contributed by atoms with van der Waals surface area (Å²) in [4.78, 5) is 11.7. The lowest BCUT2D eigenvalue weighted by Gasteiger charge is -2.06. The van der Waals surface area contributed by atoms with E-state index in [4.69, 9.17) is 0 Å². The molecule has 1 aromatic rings. The maximum atomic E-state index is 11.7. The minimum absolute atomic E-state index is 0.0185. The van der Waals surface area contributed by atoms with Crippen molar-refractivity contribution in [2.45, 2.75) is 58.3 Å². The molecule has 106 valence electrons. The minimum atomic E-state index is -0.0185. The monoisotopic (exact) mass is 263 g/mol. The van der Waals surface area contributed by atoms with Crippen LogP contribution in [0.1, 0.15) is 58.3 Å². The fourth-order valence-corrected chi connectivity index (χ4v) is 2.03. The van der Waals surface area contributed by atoms with Crippen molar-refractivity contribution in [1.82, 2.24) is 0 Å². The van der Waals surface area contributed by atoms with Crippen LogP contribution in [0.25, 0.3) is 0 Å². The van der Waals surface area contributed by atoms with Crippen LogP contribution < -0.4 is 5.32 Å². The average molecular weight is 263 g/mol. The van der Waals surface area contributed by atoms with Crippen LogP contribution in [0.15, 0.2) is 24.3 Å². The minimum Gasteiger partial charge on any atom is -0.506 e. The number of phenols is 1. The van der Waals surface area contributed by atoms with Gasteiger partial charge in [0, 0.05) is 6.42 Å². The van der Waals surface area contributed by atoms with Gasteiger partial charge >= 0.3 is 0 Å². The number of amides is 1. The normalized spacial score (nSPS) is 10.4. The van der Waals surface area contributed by atoms with Gasteiger partial charge in [0.2, 0.25) is 5.91 Å². The fourth-order valence-electron chi connectivity index (χ4n) is 2.03. The Morgan fingerprint density at radius 1 is 1.05 bits per heavy atom. The maximum absolute atomic E-state index is 11.7. The molecule has 2 N–H and O–H groups in total. The summed E-state index contributed by atoms with van der Waals surface area (Å²) in [6, 6.07) is 6.81. The summed E-state index contributed by atoms with van der Waals surface area (Å²) in [6.45, 7) is 2.21. The van der Waals surface area contributed by atoms with E-state index in [9.17, 15) is 9.90 Å². The molecule has 0 aliphatic carbocycles. The number of rotatable bonds is 9. The first kappa shape index (κ1) is 15.5. The number of para-hydroxylation sites is 2. The summed E-state index contributed by atoms with van der Waals surface area (Å²) in [5.74, 6) is 0.102. The highest BCUT2D eigenvalue weighted by atomic mass is 16.3. The van der Waals surface area contributed by atoms with Crippen LogP contribution in [0.5, 0.6) is 5.75 Å². The van der Waals surface area contributed by atoms with Crippen LogP contribution in [0.2, 0.25) is 0 Å². The zero-order valence-electron chi connectivity index (χ0n) is 11.8. The van der Waals surface area contributed by atoms with Crippen molar-refractivity contribution in [3.63, 3.8) is 0 Å². The second-order valence-electron chi connectivity index (χ2n) is 4.94. The van der Waals surface area contributed by atoms with Gasteiger partial charge in [-0.05, 0) is 18.6 Å². The molecule has 0 aromatic heterocycles. The van der Waals surface area contributed by atoms with Crippen LogP contribution >= 0.6 is 0 Å². The average Bonchev–Trinajstić information content (AvgIpc) is 2.40. The molecule has 0 unspecified atom stereocenters. The first-order chi connectivity index (χ1) is 9.24. The predicted molar refractivity (Wildman–Crippen MR) is 79.3 cm³/mol. The van der Waals surface area contributed by atoms with Crippen LogP contribution in [-0.2, 0) is 4.79 Å². The number of unbranched alkanes of at least 4 members (excludes halogenated alkanes) is 6. The topological polar surface area (TPSA) is 49.3 Å². The van der Waals surface area contributed by atoms with Crippen molar-refractivity contribution in [2.75, 3.05) is 5.32 Å². The second kappa shape index (κ2) is 9.42. The molecule has 0 heterocycles. The summed E-state index contributed by atoms with van der Waals surface area (Å²) >= 11 is 0. The third-order valence-corrected chi connectivity index (χ3v) is 3.19. The first-order valence-corrected chi connectivity index (χ1v) is 7.32. The molecular weight excluding hydrogens is 238 g/mol. The lowest BCUT2D eigenvalue weighted by molar-refractivity contribution is -0.116. The van der Waals surface area contributed by atoms with Gasteiger partial charge in [0.15, 0.2) is 0 Å². The third kappa shape index (κ3) is 6.85. The highest BCUT2D eigenvalue weighted by Crippen LogP contribution is 2.21. The van der Waals surface area contributed by atoms with Crippen molar-refractivity contribution >= 4 is 11.6 Å². The zero-order valence-corrected chi connectivity index (χ0v) is 11.8. The molecule has 3 nitrogen and oxygen atoms in total. The molecule has 0 radical (unpaired) electrons. The molecule has 1 rings (SSSR count). The van der Waals surface area contributed by atoms with Crippen LogP contribution in [0.4, 0.5) is 5.69 Å². The van der Waals surface area contributed by atoms with E-state index in [0.717, 1.165) is 12.8 Å². The zero-order chi connectivity index (χ0) is 13.9. The van der Waals surface area contributed by atoms with Crippen molar-refractivity contribution in [3.05, 3.63) is 24.3 Å². The molecule has 0 aliphatic rings. The van der Waals surface area contributed by atoms with Crippen LogP contribution in [-0.4, -0.2) is 11.0 Å². The Kier molecular flexibility index (Phi) is 7.71. The summed E-state index contributed by atoms with van der Waals surface area (Å²) in [6.07, 6.45) is 8.93. The molecule has 0 saturated heterocycles. The van der Waals surface area contributed by atoms with E-state index in [1.807, 2.05) is 0 Å². The van der Waals surface area contributed by atoms with Gasteiger partial charge in [-0.2, -0.15) is 0 Å². The van der Waals surface area contributed by atoms with Gasteiger partial charge in [0.1, 0.15) is 5.75 Å². The first-order valence-electron chi connectivity index (χ1n) is 7.32. The maximum Gasteiger partial charge on any atom is 0.224 e. The van der Waals surface area contributed by atoms with Crippen LogP contribution in [0, 0.1) is 0 Å². The van der Waals surface area contributed by atoms with E-state index in [2.05, 4.69) is 12.2 Å². The fraction of sp³-hybridized carbons (Fsp3) is 0.562. The number of hydrogen-bond donors (Lipinski definition) is 2. The lowest BCUT2D eigenvalue weighted by Crippen LogP contribution is -2.11. The van der Waals surface area contributed by atoms with E-state index in [1.54, 1.807) is 24.3 Å². The van der Waals surface area contributed by atoms with Crippen molar-refractivity contribution in [2.24, 2.45) is 0 Å². The Labute approximate surface area is 116 Å². The number of phenolic OH excluding ortho intramolecular Hbond substituents is 1. The molecule has 0 bridgehead atoms. The number of hydrogen-bond acceptors (Lipinski definition) is 2. The quantitative estimate of drug-likeness (QED) is 0.510. The van der Waals surface area contributed by atoms with Gasteiger partial charge in [-0.1, -0.05) is 57.6 Å². The Morgan fingerprint density at radius 3 is 2.37 bits per heavy atom. The van der Waals surface area contributed by atoms with Gasteiger partial charge in [-0.15, -0.1) is 0 Å². The van der Waals surface area contributed by atoms with E-state index >= 15 is 0 Å². The molecule has 1 amide bonds. The Balaban J connectivity index is 2.10. The molecule has 19 heavy (non-hydrogen) atoms. The van der Waals surface area contributed by atoms with E-state index in [1.165, 1.54) is 32.1 Å². The van der Waals surface area contributed by atoms with Gasteiger partial charge in [0.05, 0.1) is 5.69 Å². The molecule has 0 fully saturated rings. The van der Waals surface area contributed by atoms with Gasteiger partial charge in [-0.25, -0.2) is 0 Å². The second-order valence-corrected chi connectivity index (χ2v) is 4.94. The van der Waals surface area contributed by atoms with E-state index in [-0.39, 0.29) is 11.7 Å². The summed E-state index contributed by atoms with van der Waals surface area (Å²) in [7, 11) is 0. The summed E-state index contributed by atoms with van der Waals surface area (Å²) in [5, 5.41) is 12.3. The number of nitrogens with one attached hydrogen (secondary N) is 1. The number of carbonyl (C=O) groups is 1. The molecule has 0 aliphatic heterocycles. The highest BCUT2D eigenvalue weighted by molar-refractivity contribution is 5.92. The number of benzene rings is 1. The van der Waals surface area contributed by atoms with Crippen molar-refractivity contribution in [1.29, 1.82) is 0 Å². The summed E-state index contributed by atoms with van der Waals surface area (Å²) < 4.78 is 0. The van der Waals surface area contributed by atoms with Gasteiger partial charge < -0.3 is 10.4 Å². The number of aromatic hydroxyl groups is 1. The van der Waals surface area contributed by atoms with Gasteiger partial charge in [0.25, 0.3) is 0 Å². The standard InChI is InChI=1S/C16H25NO2/c1-2-3-4-5-6-7-8-13-16(19)17-14-11-9-10-12-15(14)18/h9-12,18H,2-8,13H2,1H3,(H,17,19). The Hall–Kier alpha value is -1.51. The smallest absolute Gasteiger partial charge is 0.224 e. The SMILES string of the molecule is CCCCCCCCCC(=O)Nc1ccccc1O. The van der Waals surface area contributed by atoms with Crippen LogP contribution in [0.3, 0.4) is 0 Å². The Bertz CT molecular complexity index is 377. The molecule has 0 saturated carbocycles. The predicted octanol–water partition coefficient (Wildman–Crippen LogP) is 4.47. The molecular formula is C16H25NO2. The Morgan fingerprint density at radius 2 is 1.68 bits per heavy atom. The number of anilines is 1. The molecule has 0 spiro atoms. The largest absolute Gasteiger partial charge is 0.506 e. The van der Waals surface area contributed by atoms with Gasteiger partial charge in [-0.3, -0.25) is 4.79 Å².